The Bertz CT molecular complexity index is 1530. The molecule has 5 aromatic rings. The second-order valence-electron chi connectivity index (χ2n) is 7.59. The van der Waals surface area contributed by atoms with Crippen LogP contribution >= 0.6 is 0 Å². The van der Waals surface area contributed by atoms with Crippen LogP contribution in [0.4, 0.5) is 5.69 Å². The van der Waals surface area contributed by atoms with Crippen molar-refractivity contribution in [3.8, 4) is 22.7 Å². The van der Waals surface area contributed by atoms with Crippen LogP contribution in [0.2, 0.25) is 0 Å². The van der Waals surface area contributed by atoms with Crippen LogP contribution in [0.3, 0.4) is 0 Å². The number of sulfonamides is 1. The number of oxazole rings is 1. The summed E-state index contributed by atoms with van der Waals surface area (Å²) in [5.41, 5.74) is 5.95. The van der Waals surface area contributed by atoms with Gasteiger partial charge in [0.1, 0.15) is 11.2 Å². The third kappa shape index (κ3) is 3.65. The minimum Gasteiger partial charge on any atom is -0.436 e. The number of fused-ring (bicyclic) bond motifs is 1. The number of nitrogens with one attached hydrogen (secondary N) is 2. The number of H-pyrrole nitrogens is 1. The number of benzene rings is 3. The van der Waals surface area contributed by atoms with Crippen molar-refractivity contribution in [2.45, 2.75) is 18.7 Å². The third-order valence-corrected chi connectivity index (χ3v) is 6.75. The summed E-state index contributed by atoms with van der Waals surface area (Å²) in [6.45, 7) is 3.77. The van der Waals surface area contributed by atoms with E-state index in [4.69, 9.17) is 4.42 Å². The molecule has 2 heterocycles. The molecule has 0 bridgehead atoms. The van der Waals surface area contributed by atoms with Gasteiger partial charge in [-0.3, -0.25) is 9.82 Å². The van der Waals surface area contributed by atoms with E-state index in [1.807, 2.05) is 43.3 Å². The number of aromatic amines is 1. The lowest BCUT2D eigenvalue weighted by Gasteiger charge is -2.10. The van der Waals surface area contributed by atoms with Gasteiger partial charge in [-0.05, 0) is 55.3 Å². The van der Waals surface area contributed by atoms with Gasteiger partial charge in [-0.2, -0.15) is 5.10 Å². The van der Waals surface area contributed by atoms with Gasteiger partial charge < -0.3 is 4.42 Å². The monoisotopic (exact) mass is 444 g/mol. The van der Waals surface area contributed by atoms with Crippen molar-refractivity contribution in [1.29, 1.82) is 0 Å². The SMILES string of the molecule is Cc1ccc2oc(-c3c[nH]nc3-c3ccc(NS(=O)(=O)c4ccccc4C)cc3)nc2c1. The quantitative estimate of drug-likeness (QED) is 0.383. The van der Waals surface area contributed by atoms with Crippen LogP contribution in [0.15, 0.2) is 82.2 Å². The van der Waals surface area contributed by atoms with Gasteiger partial charge in [0.15, 0.2) is 5.58 Å². The number of aryl methyl sites for hydroxylation is 2. The van der Waals surface area contributed by atoms with E-state index >= 15 is 0 Å². The average Bonchev–Trinajstić information content (AvgIpc) is 3.40. The molecule has 2 aromatic heterocycles. The van der Waals surface area contributed by atoms with Gasteiger partial charge in [-0.1, -0.05) is 36.4 Å². The van der Waals surface area contributed by atoms with Gasteiger partial charge in [0.25, 0.3) is 10.0 Å². The average molecular weight is 445 g/mol. The number of anilines is 1. The topological polar surface area (TPSA) is 101 Å². The summed E-state index contributed by atoms with van der Waals surface area (Å²) in [6.07, 6.45) is 1.74. The first-order valence-corrected chi connectivity index (χ1v) is 11.5. The van der Waals surface area contributed by atoms with Crippen molar-refractivity contribution in [3.05, 3.63) is 84.1 Å². The summed E-state index contributed by atoms with van der Waals surface area (Å²) in [4.78, 5) is 4.85. The molecule has 160 valence electrons. The second-order valence-corrected chi connectivity index (χ2v) is 9.24. The molecule has 0 amide bonds. The predicted octanol–water partition coefficient (Wildman–Crippen LogP) is 5.30. The molecule has 0 aliphatic rings. The number of nitrogens with zero attached hydrogens (tertiary/aromatic N) is 2. The van der Waals surface area contributed by atoms with Crippen molar-refractivity contribution in [3.63, 3.8) is 0 Å². The Morgan fingerprint density at radius 3 is 2.53 bits per heavy atom. The zero-order chi connectivity index (χ0) is 22.3. The van der Waals surface area contributed by atoms with Crippen molar-refractivity contribution in [2.24, 2.45) is 0 Å². The fraction of sp³-hybridized carbons (Fsp3) is 0.0833. The Hall–Kier alpha value is -3.91. The largest absolute Gasteiger partial charge is 0.436 e. The molecule has 8 heteroatoms. The van der Waals surface area contributed by atoms with E-state index in [1.54, 1.807) is 43.5 Å². The van der Waals surface area contributed by atoms with E-state index in [1.165, 1.54) is 0 Å². The molecule has 0 aliphatic heterocycles. The Kier molecular flexibility index (Phi) is 4.79. The van der Waals surface area contributed by atoms with Crippen molar-refractivity contribution < 1.29 is 12.8 Å². The molecule has 5 rings (SSSR count). The molecule has 0 spiro atoms. The molecule has 0 aliphatic carbocycles. The molecular weight excluding hydrogens is 424 g/mol. The van der Waals surface area contributed by atoms with Crippen LogP contribution in [0, 0.1) is 13.8 Å². The predicted molar refractivity (Wildman–Crippen MR) is 124 cm³/mol. The summed E-state index contributed by atoms with van der Waals surface area (Å²) in [5, 5.41) is 7.22. The van der Waals surface area contributed by atoms with Crippen LogP contribution in [0.25, 0.3) is 33.8 Å². The van der Waals surface area contributed by atoms with E-state index in [2.05, 4.69) is 19.9 Å². The molecule has 32 heavy (non-hydrogen) atoms. The number of hydrogen-bond donors (Lipinski definition) is 2. The molecule has 2 N–H and O–H groups in total. The van der Waals surface area contributed by atoms with Gasteiger partial charge in [0, 0.05) is 17.4 Å². The van der Waals surface area contributed by atoms with Gasteiger partial charge in [0.2, 0.25) is 5.89 Å². The Labute approximate surface area is 185 Å². The van der Waals surface area contributed by atoms with Crippen molar-refractivity contribution >= 4 is 26.8 Å². The zero-order valence-electron chi connectivity index (χ0n) is 17.5. The first-order chi connectivity index (χ1) is 15.4. The Morgan fingerprint density at radius 1 is 0.969 bits per heavy atom. The highest BCUT2D eigenvalue weighted by molar-refractivity contribution is 7.92. The highest BCUT2D eigenvalue weighted by Crippen LogP contribution is 2.32. The van der Waals surface area contributed by atoms with Gasteiger partial charge in [-0.25, -0.2) is 13.4 Å². The standard InChI is InChI=1S/C24H20N4O3S/c1-15-7-12-21-20(13-15)26-24(31-21)19-14-25-27-23(19)17-8-10-18(11-9-17)28-32(29,30)22-6-4-3-5-16(22)2/h3-14,28H,1-2H3,(H,25,27). The maximum atomic E-state index is 12.7. The number of aromatic nitrogens is 3. The van der Waals surface area contributed by atoms with Gasteiger partial charge in [0.05, 0.1) is 10.5 Å². The third-order valence-electron chi connectivity index (χ3n) is 5.21. The molecule has 3 aromatic carbocycles. The van der Waals surface area contributed by atoms with Crippen molar-refractivity contribution in [1.82, 2.24) is 15.2 Å². The minimum atomic E-state index is -3.68. The minimum absolute atomic E-state index is 0.255. The van der Waals surface area contributed by atoms with E-state index in [0.29, 0.717) is 28.4 Å². The smallest absolute Gasteiger partial charge is 0.262 e. The fourth-order valence-corrected chi connectivity index (χ4v) is 4.90. The van der Waals surface area contributed by atoms with E-state index in [-0.39, 0.29) is 4.90 Å². The van der Waals surface area contributed by atoms with Gasteiger partial charge >= 0.3 is 0 Å². The maximum absolute atomic E-state index is 12.7. The highest BCUT2D eigenvalue weighted by Gasteiger charge is 2.18. The second kappa shape index (κ2) is 7.65. The molecular formula is C24H20N4O3S. The lowest BCUT2D eigenvalue weighted by atomic mass is 10.1. The summed E-state index contributed by atoms with van der Waals surface area (Å²) in [5.74, 6) is 0.471. The molecule has 0 saturated carbocycles. The molecule has 0 radical (unpaired) electrons. The first-order valence-electron chi connectivity index (χ1n) is 10.0. The zero-order valence-corrected chi connectivity index (χ0v) is 18.3. The molecule has 0 atom stereocenters. The maximum Gasteiger partial charge on any atom is 0.262 e. The lowest BCUT2D eigenvalue weighted by molar-refractivity contribution is 0.600. The normalized spacial score (nSPS) is 11.7. The van der Waals surface area contributed by atoms with Crippen LogP contribution in [-0.2, 0) is 10.0 Å². The fourth-order valence-electron chi connectivity index (χ4n) is 3.59. The van der Waals surface area contributed by atoms with Gasteiger partial charge in [-0.15, -0.1) is 0 Å². The van der Waals surface area contributed by atoms with E-state index < -0.39 is 10.0 Å². The summed E-state index contributed by atoms with van der Waals surface area (Å²) in [7, 11) is -3.68. The Balaban J connectivity index is 1.44. The number of rotatable bonds is 5. The molecule has 0 fully saturated rings. The Morgan fingerprint density at radius 2 is 1.75 bits per heavy atom. The van der Waals surface area contributed by atoms with Crippen LogP contribution in [0.5, 0.6) is 0 Å². The van der Waals surface area contributed by atoms with Crippen molar-refractivity contribution in [2.75, 3.05) is 4.72 Å². The van der Waals surface area contributed by atoms with Crippen LogP contribution in [0.1, 0.15) is 11.1 Å². The van der Waals surface area contributed by atoms with Crippen LogP contribution in [-0.4, -0.2) is 23.6 Å². The number of hydrogen-bond acceptors (Lipinski definition) is 5. The molecule has 7 nitrogen and oxygen atoms in total. The molecule has 0 unspecified atom stereocenters. The molecule has 0 saturated heterocycles. The summed E-state index contributed by atoms with van der Waals surface area (Å²) >= 11 is 0. The summed E-state index contributed by atoms with van der Waals surface area (Å²) in [6, 6.07) is 19.7. The first kappa shape index (κ1) is 20.0. The highest BCUT2D eigenvalue weighted by atomic mass is 32.2. The van der Waals surface area contributed by atoms with E-state index in [0.717, 1.165) is 22.2 Å². The van der Waals surface area contributed by atoms with Crippen LogP contribution < -0.4 is 4.72 Å². The van der Waals surface area contributed by atoms with E-state index in [9.17, 15) is 8.42 Å². The summed E-state index contributed by atoms with van der Waals surface area (Å²) < 4.78 is 34.0. The lowest BCUT2D eigenvalue weighted by Crippen LogP contribution is -2.14.